The fraction of sp³-hybridized carbons (Fsp3) is 0.182. The Hall–Kier alpha value is -3.10. The Morgan fingerprint density at radius 3 is 2.40 bits per heavy atom. The van der Waals surface area contributed by atoms with E-state index in [2.05, 4.69) is 45.9 Å². The number of nitrogens with one attached hydrogen (secondary N) is 1. The molecule has 6 nitrogen and oxygen atoms in total. The third-order valence-corrected chi connectivity index (χ3v) is 6.32. The number of hydrogen-bond acceptors (Lipinski definition) is 4. The van der Waals surface area contributed by atoms with Crippen LogP contribution in [0.15, 0.2) is 71.8 Å². The maximum Gasteiger partial charge on any atom is 0.240 e. The van der Waals surface area contributed by atoms with Gasteiger partial charge in [0.15, 0.2) is 5.65 Å². The van der Waals surface area contributed by atoms with Gasteiger partial charge in [0.25, 0.3) is 0 Å². The maximum atomic E-state index is 13.1. The van der Waals surface area contributed by atoms with E-state index in [0.29, 0.717) is 23.5 Å². The number of aromatic nitrogens is 3. The number of fused-ring (bicyclic) bond motifs is 1. The Morgan fingerprint density at radius 2 is 1.70 bits per heavy atom. The monoisotopic (exact) mass is 424 g/mol. The highest BCUT2D eigenvalue weighted by Crippen LogP contribution is 2.18. The molecule has 0 saturated carbocycles. The van der Waals surface area contributed by atoms with E-state index in [1.54, 1.807) is 12.3 Å². The lowest BCUT2D eigenvalue weighted by Gasteiger charge is -2.11. The van der Waals surface area contributed by atoms with Gasteiger partial charge in [-0.25, -0.2) is 27.5 Å². The first-order valence-corrected chi connectivity index (χ1v) is 11.1. The molecule has 2 heterocycles. The number of nitrogens with zero attached hydrogens (tertiary/aromatic N) is 3. The van der Waals surface area contributed by atoms with Crippen LogP contribution in [-0.2, 0) is 29.5 Å². The minimum absolute atomic E-state index is 0.000148. The number of halogens is 1. The van der Waals surface area contributed by atoms with Crippen molar-refractivity contribution in [1.29, 1.82) is 0 Å². The van der Waals surface area contributed by atoms with Crippen molar-refractivity contribution in [2.45, 2.75) is 31.3 Å². The average Bonchev–Trinajstić information content (AvgIpc) is 3.11. The summed E-state index contributed by atoms with van der Waals surface area (Å²) in [6.45, 7) is 2.61. The molecule has 0 spiro atoms. The summed E-state index contributed by atoms with van der Waals surface area (Å²) in [6.07, 6.45) is 2.65. The van der Waals surface area contributed by atoms with Crippen molar-refractivity contribution >= 4 is 21.2 Å². The largest absolute Gasteiger partial charge is 0.307 e. The van der Waals surface area contributed by atoms with Gasteiger partial charge in [-0.3, -0.25) is 0 Å². The molecule has 0 saturated heterocycles. The van der Waals surface area contributed by atoms with E-state index >= 15 is 0 Å². The molecule has 0 atom stereocenters. The van der Waals surface area contributed by atoms with Crippen LogP contribution >= 0.6 is 0 Å². The minimum Gasteiger partial charge on any atom is -0.307 e. The molecule has 4 aromatic rings. The molecule has 1 N–H and O–H groups in total. The van der Waals surface area contributed by atoms with Crippen LogP contribution in [0.2, 0.25) is 0 Å². The fourth-order valence-electron chi connectivity index (χ4n) is 3.23. The molecule has 0 unspecified atom stereocenters. The van der Waals surface area contributed by atoms with E-state index in [-0.39, 0.29) is 11.4 Å². The predicted molar refractivity (Wildman–Crippen MR) is 113 cm³/mol. The van der Waals surface area contributed by atoms with Crippen molar-refractivity contribution in [2.24, 2.45) is 0 Å². The zero-order valence-electron chi connectivity index (χ0n) is 16.4. The normalized spacial score (nSPS) is 11.8. The lowest BCUT2D eigenvalue weighted by molar-refractivity contribution is 0.575. The molecule has 0 amide bonds. The maximum absolute atomic E-state index is 13.1. The molecule has 30 heavy (non-hydrogen) atoms. The molecule has 0 aliphatic heterocycles. The second-order valence-electron chi connectivity index (χ2n) is 6.91. The van der Waals surface area contributed by atoms with Crippen LogP contribution in [0.5, 0.6) is 0 Å². The summed E-state index contributed by atoms with van der Waals surface area (Å²) in [4.78, 5) is 8.99. The molecule has 0 aliphatic rings. The number of aryl methyl sites for hydroxylation is 1. The summed E-state index contributed by atoms with van der Waals surface area (Å²) in [5.41, 5.74) is 3.70. The van der Waals surface area contributed by atoms with Gasteiger partial charge in [0.05, 0.1) is 18.0 Å². The molecule has 0 aliphatic carbocycles. The summed E-state index contributed by atoms with van der Waals surface area (Å²) in [5, 5.41) is 0. The number of rotatable bonds is 7. The molecule has 0 bridgehead atoms. The summed E-state index contributed by atoms with van der Waals surface area (Å²) in [5.74, 6) is 0.0601. The van der Waals surface area contributed by atoms with E-state index in [1.165, 1.54) is 17.7 Å². The third-order valence-electron chi connectivity index (χ3n) is 4.90. The van der Waals surface area contributed by atoms with Crippen LogP contribution in [0.25, 0.3) is 11.2 Å². The molecule has 4 rings (SSSR count). The van der Waals surface area contributed by atoms with Crippen LogP contribution in [0.4, 0.5) is 4.39 Å². The summed E-state index contributed by atoms with van der Waals surface area (Å²) in [7, 11) is -3.80. The van der Waals surface area contributed by atoms with Gasteiger partial charge in [-0.1, -0.05) is 31.2 Å². The van der Waals surface area contributed by atoms with Crippen molar-refractivity contribution in [3.8, 4) is 0 Å². The van der Waals surface area contributed by atoms with Crippen molar-refractivity contribution in [1.82, 2.24) is 19.3 Å². The SMILES string of the molecule is CCc1ccc(Cn2c(CNS(=O)(=O)c3ccc(F)cc3)nc3cccnc32)cc1. The van der Waals surface area contributed by atoms with Gasteiger partial charge in [-0.15, -0.1) is 0 Å². The first-order chi connectivity index (χ1) is 14.5. The van der Waals surface area contributed by atoms with Crippen molar-refractivity contribution in [3.63, 3.8) is 0 Å². The van der Waals surface area contributed by atoms with Crippen LogP contribution < -0.4 is 4.72 Å². The number of benzene rings is 2. The Morgan fingerprint density at radius 1 is 1.00 bits per heavy atom. The van der Waals surface area contributed by atoms with E-state index in [0.717, 1.165) is 24.1 Å². The van der Waals surface area contributed by atoms with Crippen molar-refractivity contribution in [2.75, 3.05) is 0 Å². The zero-order valence-corrected chi connectivity index (χ0v) is 17.2. The number of hydrogen-bond donors (Lipinski definition) is 1. The van der Waals surface area contributed by atoms with Gasteiger partial charge in [0.1, 0.15) is 17.2 Å². The highest BCUT2D eigenvalue weighted by Gasteiger charge is 2.17. The Kier molecular flexibility index (Phi) is 5.61. The molecule has 2 aromatic heterocycles. The number of imidazole rings is 1. The van der Waals surface area contributed by atoms with Gasteiger partial charge >= 0.3 is 0 Å². The van der Waals surface area contributed by atoms with Crippen LogP contribution in [0, 0.1) is 5.82 Å². The van der Waals surface area contributed by atoms with E-state index in [1.807, 2.05) is 10.6 Å². The predicted octanol–water partition coefficient (Wildman–Crippen LogP) is 3.66. The topological polar surface area (TPSA) is 76.9 Å². The van der Waals surface area contributed by atoms with Crippen molar-refractivity contribution in [3.05, 3.63) is 89.6 Å². The molecular weight excluding hydrogens is 403 g/mol. The lowest BCUT2D eigenvalue weighted by atomic mass is 10.1. The Labute approximate surface area is 174 Å². The van der Waals surface area contributed by atoms with Gasteiger partial charge < -0.3 is 4.57 Å². The zero-order chi connectivity index (χ0) is 21.1. The van der Waals surface area contributed by atoms with E-state index < -0.39 is 15.8 Å². The molecule has 2 aromatic carbocycles. The lowest BCUT2D eigenvalue weighted by Crippen LogP contribution is -2.25. The fourth-order valence-corrected chi connectivity index (χ4v) is 4.21. The van der Waals surface area contributed by atoms with Gasteiger partial charge in [-0.2, -0.15) is 0 Å². The quantitative estimate of drug-likeness (QED) is 0.491. The smallest absolute Gasteiger partial charge is 0.240 e. The second kappa shape index (κ2) is 8.33. The minimum atomic E-state index is -3.80. The van der Waals surface area contributed by atoms with Crippen LogP contribution in [0.1, 0.15) is 23.9 Å². The van der Waals surface area contributed by atoms with Gasteiger partial charge in [0, 0.05) is 6.20 Å². The molecule has 0 radical (unpaired) electrons. The average molecular weight is 425 g/mol. The third kappa shape index (κ3) is 4.24. The van der Waals surface area contributed by atoms with Crippen LogP contribution in [0.3, 0.4) is 0 Å². The molecule has 154 valence electrons. The van der Waals surface area contributed by atoms with Crippen LogP contribution in [-0.4, -0.2) is 23.0 Å². The highest BCUT2D eigenvalue weighted by atomic mass is 32.2. The molecular formula is C22H21FN4O2S. The Bertz CT molecular complexity index is 1270. The second-order valence-corrected chi connectivity index (χ2v) is 8.68. The Balaban J connectivity index is 1.63. The van der Waals surface area contributed by atoms with E-state index in [4.69, 9.17) is 0 Å². The summed E-state index contributed by atoms with van der Waals surface area (Å²) in [6, 6.07) is 16.6. The van der Waals surface area contributed by atoms with E-state index in [9.17, 15) is 12.8 Å². The van der Waals surface area contributed by atoms with Gasteiger partial charge in [-0.05, 0) is 53.9 Å². The molecule has 8 heteroatoms. The summed E-state index contributed by atoms with van der Waals surface area (Å²) >= 11 is 0. The number of pyridine rings is 1. The first kappa shape index (κ1) is 20.2. The number of sulfonamides is 1. The molecule has 0 fully saturated rings. The standard InChI is InChI=1S/C22H21FN4O2S/c1-2-16-5-7-17(8-6-16)15-27-21(26-20-4-3-13-24-22(20)27)14-25-30(28,29)19-11-9-18(23)10-12-19/h3-13,25H,2,14-15H2,1H3. The van der Waals surface area contributed by atoms with Crippen molar-refractivity contribution < 1.29 is 12.8 Å². The highest BCUT2D eigenvalue weighted by molar-refractivity contribution is 7.89. The first-order valence-electron chi connectivity index (χ1n) is 9.59. The van der Waals surface area contributed by atoms with Gasteiger partial charge in [0.2, 0.25) is 10.0 Å². The summed E-state index contributed by atoms with van der Waals surface area (Å²) < 4.78 is 42.7.